The second kappa shape index (κ2) is 5.27. The fourth-order valence-corrected chi connectivity index (χ4v) is 2.61. The van der Waals surface area contributed by atoms with Gasteiger partial charge in [0.2, 0.25) is 5.91 Å². The van der Waals surface area contributed by atoms with Gasteiger partial charge in [-0.1, -0.05) is 0 Å². The van der Waals surface area contributed by atoms with Crippen LogP contribution in [-0.2, 0) is 16.0 Å². The van der Waals surface area contributed by atoms with Gasteiger partial charge in [-0.3, -0.25) is 4.79 Å². The molecule has 4 nitrogen and oxygen atoms in total. The van der Waals surface area contributed by atoms with E-state index >= 15 is 0 Å². The minimum Gasteiger partial charge on any atom is -0.480 e. The number of nitrogens with one attached hydrogen (secondary N) is 1. The molecule has 15 heavy (non-hydrogen) atoms. The lowest BCUT2D eigenvalue weighted by molar-refractivity contribution is -0.141. The van der Waals surface area contributed by atoms with Gasteiger partial charge >= 0.3 is 5.97 Å². The Bertz CT molecular complexity index is 377. The Morgan fingerprint density at radius 1 is 1.67 bits per heavy atom. The van der Waals surface area contributed by atoms with E-state index in [1.54, 1.807) is 0 Å². The summed E-state index contributed by atoms with van der Waals surface area (Å²) in [6, 6.07) is 0.996. The number of rotatable bonds is 4. The highest BCUT2D eigenvalue weighted by atomic mass is 79.9. The van der Waals surface area contributed by atoms with Crippen LogP contribution in [0.3, 0.4) is 0 Å². The number of halogens is 1. The van der Waals surface area contributed by atoms with Gasteiger partial charge in [0, 0.05) is 28.1 Å². The summed E-state index contributed by atoms with van der Waals surface area (Å²) in [6.45, 7) is 1.31. The Hall–Kier alpha value is -0.880. The number of carboxylic acid groups (broad SMARTS) is 1. The first-order valence-electron chi connectivity index (χ1n) is 4.22. The summed E-state index contributed by atoms with van der Waals surface area (Å²) in [5.41, 5.74) is 0. The molecule has 0 saturated heterocycles. The quantitative estimate of drug-likeness (QED) is 0.886. The number of amides is 1. The van der Waals surface area contributed by atoms with Crippen LogP contribution in [0.25, 0.3) is 0 Å². The summed E-state index contributed by atoms with van der Waals surface area (Å²) in [7, 11) is 0. The number of carboxylic acids is 1. The van der Waals surface area contributed by atoms with E-state index in [4.69, 9.17) is 5.11 Å². The first-order valence-corrected chi connectivity index (χ1v) is 5.89. The number of carbonyl (C=O) groups is 2. The molecule has 1 unspecified atom stereocenters. The fourth-order valence-electron chi connectivity index (χ4n) is 1.11. The first-order chi connectivity index (χ1) is 6.99. The molecule has 0 aromatic carbocycles. The highest BCUT2D eigenvalue weighted by Gasteiger charge is 2.19. The van der Waals surface area contributed by atoms with Crippen molar-refractivity contribution in [3.8, 4) is 0 Å². The molecule has 0 fully saturated rings. The Kier molecular flexibility index (Phi) is 4.28. The molecule has 0 radical (unpaired) electrons. The van der Waals surface area contributed by atoms with Gasteiger partial charge in [-0.15, -0.1) is 11.3 Å². The van der Waals surface area contributed by atoms with Gasteiger partial charge in [-0.25, -0.2) is 4.79 Å². The summed E-state index contributed by atoms with van der Waals surface area (Å²) in [6.07, 6.45) is 0.311. The lowest BCUT2D eigenvalue weighted by atomic mass is 10.2. The van der Waals surface area contributed by atoms with Crippen LogP contribution in [0.4, 0.5) is 0 Å². The lowest BCUT2D eigenvalue weighted by Crippen LogP contribution is -2.40. The zero-order valence-corrected chi connectivity index (χ0v) is 10.4. The predicted octanol–water partition coefficient (Wildman–Crippen LogP) is 1.64. The van der Waals surface area contributed by atoms with Gasteiger partial charge in [0.15, 0.2) is 0 Å². The maximum Gasteiger partial charge on any atom is 0.326 e. The highest BCUT2D eigenvalue weighted by molar-refractivity contribution is 9.10. The summed E-state index contributed by atoms with van der Waals surface area (Å²) in [4.78, 5) is 22.5. The molecular weight excluding hydrogens is 282 g/mol. The molecule has 0 saturated carbocycles. The molecule has 1 rings (SSSR count). The Morgan fingerprint density at radius 2 is 2.33 bits per heavy atom. The molecule has 0 aliphatic rings. The normalized spacial score (nSPS) is 12.1. The zero-order chi connectivity index (χ0) is 11.4. The minimum absolute atomic E-state index is 0.311. The minimum atomic E-state index is -1.02. The van der Waals surface area contributed by atoms with Crippen LogP contribution in [0.1, 0.15) is 11.8 Å². The van der Waals surface area contributed by atoms with Crippen molar-refractivity contribution in [1.82, 2.24) is 5.32 Å². The molecule has 6 heteroatoms. The van der Waals surface area contributed by atoms with Crippen LogP contribution in [0.15, 0.2) is 15.9 Å². The second-order valence-electron chi connectivity index (χ2n) is 3.03. The SMILES string of the molecule is CC(=O)NC(Cc1cc(Br)cs1)C(=O)O. The molecule has 1 heterocycles. The van der Waals surface area contributed by atoms with Gasteiger partial charge in [0.1, 0.15) is 6.04 Å². The highest BCUT2D eigenvalue weighted by Crippen LogP contribution is 2.20. The summed E-state index contributed by atoms with van der Waals surface area (Å²) in [5.74, 6) is -1.35. The van der Waals surface area contributed by atoms with E-state index in [0.717, 1.165) is 9.35 Å². The van der Waals surface area contributed by atoms with E-state index in [9.17, 15) is 9.59 Å². The molecule has 1 aromatic heterocycles. The van der Waals surface area contributed by atoms with E-state index in [1.807, 2.05) is 11.4 Å². The maximum atomic E-state index is 10.8. The first kappa shape index (κ1) is 12.2. The Labute approximate surface area is 99.4 Å². The van der Waals surface area contributed by atoms with Crippen molar-refractivity contribution in [2.75, 3.05) is 0 Å². The molecule has 0 aliphatic carbocycles. The third kappa shape index (κ3) is 4.01. The molecule has 1 aromatic rings. The maximum absolute atomic E-state index is 10.8. The molecule has 2 N–H and O–H groups in total. The van der Waals surface area contributed by atoms with E-state index in [2.05, 4.69) is 21.2 Å². The zero-order valence-electron chi connectivity index (χ0n) is 7.99. The number of aliphatic carboxylic acids is 1. The summed E-state index contributed by atoms with van der Waals surface area (Å²) < 4.78 is 0.925. The standard InChI is InChI=1S/C9H10BrNO3S/c1-5(12)11-8(9(13)14)3-7-2-6(10)4-15-7/h2,4,8H,3H2,1H3,(H,11,12)(H,13,14). The van der Waals surface area contributed by atoms with Crippen LogP contribution < -0.4 is 5.32 Å². The van der Waals surface area contributed by atoms with Crippen molar-refractivity contribution in [3.63, 3.8) is 0 Å². The third-order valence-corrected chi connectivity index (χ3v) is 3.42. The summed E-state index contributed by atoms with van der Waals surface area (Å²) >= 11 is 4.75. The van der Waals surface area contributed by atoms with Crippen molar-refractivity contribution in [3.05, 3.63) is 20.8 Å². The summed E-state index contributed by atoms with van der Waals surface area (Å²) in [5, 5.41) is 13.1. The number of thiophene rings is 1. The number of hydrogen-bond donors (Lipinski definition) is 2. The van der Waals surface area contributed by atoms with Gasteiger partial charge in [-0.2, -0.15) is 0 Å². The Morgan fingerprint density at radius 3 is 2.73 bits per heavy atom. The van der Waals surface area contributed by atoms with Gasteiger partial charge in [0.25, 0.3) is 0 Å². The van der Waals surface area contributed by atoms with Crippen molar-refractivity contribution in [1.29, 1.82) is 0 Å². The van der Waals surface area contributed by atoms with E-state index in [0.29, 0.717) is 6.42 Å². The molecular formula is C9H10BrNO3S. The molecule has 1 amide bonds. The van der Waals surface area contributed by atoms with E-state index in [1.165, 1.54) is 18.3 Å². The van der Waals surface area contributed by atoms with Gasteiger partial charge in [-0.05, 0) is 22.0 Å². The molecule has 0 bridgehead atoms. The topological polar surface area (TPSA) is 66.4 Å². The Balaban J connectivity index is 2.66. The van der Waals surface area contributed by atoms with Crippen molar-refractivity contribution in [2.45, 2.75) is 19.4 Å². The van der Waals surface area contributed by atoms with Crippen LogP contribution >= 0.6 is 27.3 Å². The average molecular weight is 292 g/mol. The second-order valence-corrected chi connectivity index (χ2v) is 4.94. The molecule has 0 spiro atoms. The van der Waals surface area contributed by atoms with Gasteiger partial charge in [0.05, 0.1) is 0 Å². The van der Waals surface area contributed by atoms with Crippen LogP contribution in [0.2, 0.25) is 0 Å². The third-order valence-electron chi connectivity index (χ3n) is 1.70. The smallest absolute Gasteiger partial charge is 0.326 e. The van der Waals surface area contributed by atoms with Crippen molar-refractivity contribution in [2.24, 2.45) is 0 Å². The monoisotopic (exact) mass is 291 g/mol. The number of hydrogen-bond acceptors (Lipinski definition) is 3. The van der Waals surface area contributed by atoms with E-state index < -0.39 is 12.0 Å². The average Bonchev–Trinajstić information content (AvgIpc) is 2.49. The number of carbonyl (C=O) groups excluding carboxylic acids is 1. The van der Waals surface area contributed by atoms with Crippen LogP contribution in [0.5, 0.6) is 0 Å². The molecule has 82 valence electrons. The lowest BCUT2D eigenvalue weighted by Gasteiger charge is -2.11. The van der Waals surface area contributed by atoms with Crippen molar-refractivity contribution < 1.29 is 14.7 Å². The largest absolute Gasteiger partial charge is 0.480 e. The van der Waals surface area contributed by atoms with Crippen LogP contribution in [-0.4, -0.2) is 23.0 Å². The fraction of sp³-hybridized carbons (Fsp3) is 0.333. The van der Waals surface area contributed by atoms with Gasteiger partial charge < -0.3 is 10.4 Å². The molecule has 0 aliphatic heterocycles. The molecule has 1 atom stereocenters. The van der Waals surface area contributed by atoms with Crippen LogP contribution in [0, 0.1) is 0 Å². The van der Waals surface area contributed by atoms with E-state index in [-0.39, 0.29) is 5.91 Å². The predicted molar refractivity (Wildman–Crippen MR) is 61.0 cm³/mol. The van der Waals surface area contributed by atoms with Crippen molar-refractivity contribution >= 4 is 39.1 Å².